The molecule has 2 aliphatic rings. The molecule has 0 spiro atoms. The molecule has 3 N–H and O–H groups in total. The smallest absolute Gasteiger partial charge is 0.255 e. The molecule has 35 heavy (non-hydrogen) atoms. The molecule has 3 aromatic rings. The zero-order valence-corrected chi connectivity index (χ0v) is 20.4. The molecule has 0 fully saturated rings. The average molecular weight is 470 g/mol. The van der Waals surface area contributed by atoms with Gasteiger partial charge in [0.2, 0.25) is 11.7 Å². The molecule has 5 rings (SSSR count). The highest BCUT2D eigenvalue weighted by atomic mass is 16.1. The minimum absolute atomic E-state index is 0.0370. The van der Waals surface area contributed by atoms with Crippen LogP contribution >= 0.6 is 0 Å². The average Bonchev–Trinajstić information content (AvgIpc) is 2.90. The van der Waals surface area contributed by atoms with E-state index in [-0.39, 0.29) is 5.56 Å². The Morgan fingerprint density at radius 3 is 2.63 bits per heavy atom. The topological polar surface area (TPSA) is 86.6 Å². The van der Waals surface area contributed by atoms with Crippen LogP contribution in [0.4, 0.5) is 17.3 Å². The normalized spacial score (nSPS) is 19.2. The number of rotatable bonds is 6. The minimum Gasteiger partial charge on any atom is -0.388 e. The number of allylic oxidation sites excluding steroid dienone is 1. The van der Waals surface area contributed by atoms with Gasteiger partial charge in [0.1, 0.15) is 5.82 Å². The predicted octanol–water partition coefficient (Wildman–Crippen LogP) is 4.24. The summed E-state index contributed by atoms with van der Waals surface area (Å²) in [6.45, 7) is 5.54. The van der Waals surface area contributed by atoms with Gasteiger partial charge in [0.05, 0.1) is 5.69 Å². The van der Waals surface area contributed by atoms with Crippen molar-refractivity contribution in [2.75, 3.05) is 29.1 Å². The van der Waals surface area contributed by atoms with Gasteiger partial charge in [0.15, 0.2) is 0 Å². The second-order valence-electron chi connectivity index (χ2n) is 8.89. The summed E-state index contributed by atoms with van der Waals surface area (Å²) in [5.74, 6) is 0.840. The molecule has 0 radical (unpaired) electrons. The van der Waals surface area contributed by atoms with Crippen LogP contribution in [0, 0.1) is 0 Å². The molecule has 1 aromatic heterocycles. The van der Waals surface area contributed by atoms with E-state index in [2.05, 4.69) is 33.8 Å². The van der Waals surface area contributed by atoms with E-state index in [1.165, 1.54) is 0 Å². The fourth-order valence-electron chi connectivity index (χ4n) is 4.56. The number of nitrogens with one attached hydrogen (secondary N) is 3. The molecule has 2 aliphatic heterocycles. The van der Waals surface area contributed by atoms with Gasteiger partial charge >= 0.3 is 0 Å². The molecule has 1 atom stereocenters. The number of hydrogen-bond acceptors (Lipinski definition) is 7. The molecule has 0 aliphatic carbocycles. The van der Waals surface area contributed by atoms with Crippen molar-refractivity contribution < 1.29 is 0 Å². The Bertz CT molecular complexity index is 1350. The molecule has 1 unspecified atom stereocenters. The third kappa shape index (κ3) is 4.39. The third-order valence-electron chi connectivity index (χ3n) is 6.52. The van der Waals surface area contributed by atoms with E-state index in [1.807, 2.05) is 68.7 Å². The number of hydrogen-bond donors (Lipinski definition) is 3. The van der Waals surface area contributed by atoms with Crippen molar-refractivity contribution in [1.29, 1.82) is 0 Å². The Kier molecular flexibility index (Phi) is 6.03. The van der Waals surface area contributed by atoms with Gasteiger partial charge in [-0.1, -0.05) is 43.3 Å². The summed E-state index contributed by atoms with van der Waals surface area (Å²) in [4.78, 5) is 25.0. The van der Waals surface area contributed by atoms with Crippen LogP contribution in [-0.4, -0.2) is 35.1 Å². The molecule has 0 saturated carbocycles. The van der Waals surface area contributed by atoms with E-state index in [4.69, 9.17) is 9.98 Å². The lowest BCUT2D eigenvalue weighted by Crippen LogP contribution is -2.56. The highest BCUT2D eigenvalue weighted by Crippen LogP contribution is 2.30. The van der Waals surface area contributed by atoms with Crippen molar-refractivity contribution in [2.45, 2.75) is 39.0 Å². The maximum atomic E-state index is 13.1. The van der Waals surface area contributed by atoms with Gasteiger partial charge in [-0.05, 0) is 31.5 Å². The summed E-state index contributed by atoms with van der Waals surface area (Å²) in [6.07, 6.45) is 3.47. The van der Waals surface area contributed by atoms with Gasteiger partial charge in [0, 0.05) is 61.4 Å². The number of benzene rings is 2. The molecule has 0 saturated heterocycles. The van der Waals surface area contributed by atoms with Crippen molar-refractivity contribution in [3.8, 4) is 11.3 Å². The van der Waals surface area contributed by atoms with Crippen LogP contribution in [0.1, 0.15) is 26.7 Å². The van der Waals surface area contributed by atoms with E-state index in [0.717, 1.165) is 41.3 Å². The van der Waals surface area contributed by atoms with Crippen LogP contribution in [0.5, 0.6) is 0 Å². The van der Waals surface area contributed by atoms with Crippen LogP contribution in [0.3, 0.4) is 0 Å². The second-order valence-corrected chi connectivity index (χ2v) is 8.89. The summed E-state index contributed by atoms with van der Waals surface area (Å²) < 4.78 is 1.76. The fourth-order valence-corrected chi connectivity index (χ4v) is 4.56. The third-order valence-corrected chi connectivity index (χ3v) is 6.52. The lowest BCUT2D eigenvalue weighted by atomic mass is 10.1. The highest BCUT2D eigenvalue weighted by Gasteiger charge is 2.35. The summed E-state index contributed by atoms with van der Waals surface area (Å²) >= 11 is 0. The summed E-state index contributed by atoms with van der Waals surface area (Å²) in [7, 11) is 1.91. The van der Waals surface area contributed by atoms with Crippen molar-refractivity contribution in [3.05, 3.63) is 82.4 Å². The lowest BCUT2D eigenvalue weighted by Gasteiger charge is -2.41. The van der Waals surface area contributed by atoms with Gasteiger partial charge in [-0.3, -0.25) is 14.3 Å². The van der Waals surface area contributed by atoms with E-state index in [1.54, 1.807) is 10.6 Å². The van der Waals surface area contributed by atoms with Crippen LogP contribution in [0.2, 0.25) is 0 Å². The number of fused-ring (bicyclic) bond motifs is 1. The highest BCUT2D eigenvalue weighted by molar-refractivity contribution is 5.82. The Balaban J connectivity index is 1.52. The Morgan fingerprint density at radius 1 is 1.06 bits per heavy atom. The van der Waals surface area contributed by atoms with Crippen LogP contribution in [0.25, 0.3) is 11.3 Å². The molecule has 2 aromatic carbocycles. The lowest BCUT2D eigenvalue weighted by molar-refractivity contribution is 0.391. The maximum Gasteiger partial charge on any atom is 0.255 e. The predicted molar refractivity (Wildman–Crippen MR) is 143 cm³/mol. The van der Waals surface area contributed by atoms with E-state index in [0.29, 0.717) is 24.6 Å². The number of nitrogens with zero attached hydrogens (tertiary/aromatic N) is 4. The van der Waals surface area contributed by atoms with Crippen molar-refractivity contribution in [3.63, 3.8) is 0 Å². The zero-order chi connectivity index (χ0) is 24.4. The molecule has 3 heterocycles. The van der Waals surface area contributed by atoms with Gasteiger partial charge in [-0.15, -0.1) is 0 Å². The van der Waals surface area contributed by atoms with Crippen molar-refractivity contribution in [1.82, 2.24) is 14.9 Å². The monoisotopic (exact) mass is 469 g/mol. The number of aliphatic imine (C=N–C) groups is 1. The molecule has 8 nitrogen and oxygen atoms in total. The fraction of sp³-hybridized carbons (Fsp3) is 0.296. The SMILES string of the molecule is CCC1(Nc2cccc(NC)c2)N=CC(C)=C(N2CCCn3c2nc(-c2ccccc2)cc3=O)N1. The van der Waals surface area contributed by atoms with Crippen molar-refractivity contribution >= 4 is 23.5 Å². The molecule has 8 heteroatoms. The van der Waals surface area contributed by atoms with E-state index >= 15 is 0 Å². The first-order valence-corrected chi connectivity index (χ1v) is 12.1. The summed E-state index contributed by atoms with van der Waals surface area (Å²) in [5, 5.41) is 10.4. The van der Waals surface area contributed by atoms with E-state index < -0.39 is 5.79 Å². The quantitative estimate of drug-likeness (QED) is 0.501. The molecule has 180 valence electrons. The number of aromatic nitrogens is 2. The first-order valence-electron chi connectivity index (χ1n) is 12.1. The Morgan fingerprint density at radius 2 is 1.86 bits per heavy atom. The summed E-state index contributed by atoms with van der Waals surface area (Å²) in [5.41, 5.74) is 4.55. The van der Waals surface area contributed by atoms with Crippen LogP contribution in [-0.2, 0) is 6.54 Å². The van der Waals surface area contributed by atoms with Gasteiger partial charge in [-0.2, -0.15) is 0 Å². The molecule has 0 bridgehead atoms. The van der Waals surface area contributed by atoms with Gasteiger partial charge in [-0.25, -0.2) is 9.98 Å². The van der Waals surface area contributed by atoms with Crippen LogP contribution in [0.15, 0.2) is 81.8 Å². The van der Waals surface area contributed by atoms with E-state index in [9.17, 15) is 4.79 Å². The molecule has 0 amide bonds. The second kappa shape index (κ2) is 9.29. The Hall–Kier alpha value is -4.07. The zero-order valence-electron chi connectivity index (χ0n) is 20.4. The van der Waals surface area contributed by atoms with Crippen LogP contribution < -0.4 is 26.4 Å². The Labute approximate surface area is 205 Å². The van der Waals surface area contributed by atoms with Crippen molar-refractivity contribution in [2.24, 2.45) is 4.99 Å². The summed E-state index contributed by atoms with van der Waals surface area (Å²) in [6, 6.07) is 19.6. The minimum atomic E-state index is -0.721. The molecular formula is C27H31N7O. The first-order chi connectivity index (χ1) is 17.0. The number of anilines is 3. The maximum absolute atomic E-state index is 13.1. The standard InChI is InChI=1S/C27H31N7O/c1-4-27(31-22-13-8-12-21(16-22)28-3)29-18-19(2)25(32-27)34-15-9-14-33-24(35)17-23(30-26(33)34)20-10-6-5-7-11-20/h5-8,10-13,16-18,28,31-32H,4,9,14-15H2,1-3H3. The largest absolute Gasteiger partial charge is 0.388 e. The van der Waals surface area contributed by atoms with Gasteiger partial charge < -0.3 is 16.0 Å². The first kappa shape index (κ1) is 22.7. The molecular weight excluding hydrogens is 438 g/mol. The van der Waals surface area contributed by atoms with Gasteiger partial charge in [0.25, 0.3) is 5.56 Å².